The van der Waals surface area contributed by atoms with Crippen molar-refractivity contribution in [2.45, 2.75) is 91.9 Å². The fraction of sp³-hybridized carbons (Fsp3) is 0.206. The van der Waals surface area contributed by atoms with Crippen LogP contribution in [0.25, 0.3) is 49.9 Å². The molecule has 0 saturated carbocycles. The Balaban J connectivity index is 0.00000720. The van der Waals surface area contributed by atoms with Crippen LogP contribution in [0.4, 0.5) is 22.7 Å². The number of anilines is 4. The van der Waals surface area contributed by atoms with E-state index in [1.807, 2.05) is 71.3 Å². The maximum absolute atomic E-state index is 9.07. The van der Waals surface area contributed by atoms with Crippen LogP contribution in [0.1, 0.15) is 110 Å². The summed E-state index contributed by atoms with van der Waals surface area (Å²) in [6.07, 6.45) is 1.69. The monoisotopic (exact) mass is 1170 g/mol. The van der Waals surface area contributed by atoms with Gasteiger partial charge < -0.3 is 23.8 Å². The normalized spacial score (nSPS) is 13.6. The third-order valence-corrected chi connectivity index (χ3v) is 13.9. The van der Waals surface area contributed by atoms with E-state index in [1.54, 1.807) is 18.3 Å². The van der Waals surface area contributed by atoms with Crippen LogP contribution in [0.5, 0.6) is 23.0 Å². The van der Waals surface area contributed by atoms with E-state index >= 15 is 0 Å². The average molecular weight is 1170 g/mol. The van der Waals surface area contributed by atoms with Gasteiger partial charge in [-0.1, -0.05) is 178 Å². The first-order valence-electron chi connectivity index (χ1n) is 28.0. The van der Waals surface area contributed by atoms with Crippen molar-refractivity contribution in [2.24, 2.45) is 0 Å². The van der Waals surface area contributed by atoms with Gasteiger partial charge >= 0.3 is 0 Å². The molecule has 0 fully saturated rings. The predicted octanol–water partition coefficient (Wildman–Crippen LogP) is 18.9. The summed E-state index contributed by atoms with van der Waals surface area (Å²) in [5.74, 6) is 2.79. The maximum atomic E-state index is 9.07. The van der Waals surface area contributed by atoms with Crippen molar-refractivity contribution < 1.29 is 37.4 Å². The van der Waals surface area contributed by atoms with Gasteiger partial charge in [-0.3, -0.25) is 0 Å². The van der Waals surface area contributed by atoms with Crippen LogP contribution < -0.4 is 19.3 Å². The molecule has 0 bridgehead atoms. The minimum atomic E-state index is -0.461. The molecule has 0 unspecified atom stereocenters. The molecule has 7 heteroatoms. The van der Waals surface area contributed by atoms with Gasteiger partial charge in [0, 0.05) is 78.5 Å². The number of benzene rings is 8. The summed E-state index contributed by atoms with van der Waals surface area (Å²) in [4.78, 5) is 9.35. The van der Waals surface area contributed by atoms with Crippen LogP contribution in [-0.2, 0) is 31.9 Å². The molecule has 380 valence electrons. The molecule has 1 aliphatic heterocycles. The van der Waals surface area contributed by atoms with Crippen LogP contribution in [0, 0.1) is 18.8 Å². The van der Waals surface area contributed by atoms with Crippen molar-refractivity contribution in [3.8, 4) is 51.1 Å². The summed E-state index contributed by atoms with van der Waals surface area (Å²) in [6.45, 7) is 24.4. The van der Waals surface area contributed by atoms with E-state index in [1.165, 1.54) is 11.1 Å². The van der Waals surface area contributed by atoms with Crippen molar-refractivity contribution in [3.63, 3.8) is 0 Å². The van der Waals surface area contributed by atoms with Gasteiger partial charge in [-0.05, 0) is 97.8 Å². The topological polar surface area (TPSA) is 42.8 Å². The number of ether oxygens (including phenoxy) is 2. The fourth-order valence-corrected chi connectivity index (χ4v) is 9.71. The van der Waals surface area contributed by atoms with Gasteiger partial charge in [0.05, 0.1) is 6.85 Å². The van der Waals surface area contributed by atoms with Gasteiger partial charge in [0.1, 0.15) is 17.3 Å². The van der Waals surface area contributed by atoms with Gasteiger partial charge in [-0.15, -0.1) is 48.1 Å². The molecule has 0 N–H and O–H groups in total. The van der Waals surface area contributed by atoms with Crippen LogP contribution in [0.15, 0.2) is 182 Å². The summed E-state index contributed by atoms with van der Waals surface area (Å²) in [5, 5.41) is 1.94. The molecule has 0 radical (unpaired) electrons. The fourth-order valence-electron chi connectivity index (χ4n) is 9.71. The number of hydrogen-bond acceptors (Lipinski definition) is 5. The first kappa shape index (κ1) is 45.0. The molecule has 75 heavy (non-hydrogen) atoms. The second kappa shape index (κ2) is 20.4. The molecule has 0 amide bonds. The number of aromatic nitrogens is 2. The van der Waals surface area contributed by atoms with Crippen molar-refractivity contribution in [1.82, 2.24) is 9.55 Å². The van der Waals surface area contributed by atoms with E-state index in [0.29, 0.717) is 39.9 Å². The van der Waals surface area contributed by atoms with Gasteiger partial charge in [0.25, 0.3) is 0 Å². The quantitative estimate of drug-likeness (QED) is 0.121. The standard InChI is InChI=1S/C68H63N4O2.Pt/c1-44(2)47-34-48(45(3)4)36-49(35-47)58-26-19-25-57(46-20-12-11-13-21-46)66(58)74-56-32-33-69-65(42-56)72-61-27-15-14-24-59(61)60-31-30-55(41-64(60)72)73-54-23-18-22-52(40-54)70-43-71(63-29-17-16-28-62(63)70)53-38-50(67(5,6)7)37-51(39-53)68(8,9)10;/h11-39,42-45H,1-10H3;/q-3;/i11D,12D,13D,20D,21D;. The zero-order valence-electron chi connectivity index (χ0n) is 49.1. The Hall–Kier alpha value is -7.40. The molecule has 0 atom stereocenters. The Kier molecular flexibility index (Phi) is 12.2. The third kappa shape index (κ3) is 10.1. The number of para-hydroxylation sites is 4. The number of nitrogens with zero attached hydrogens (tertiary/aromatic N) is 4. The zero-order valence-corrected chi connectivity index (χ0v) is 46.4. The number of fused-ring (bicyclic) bond motifs is 4. The first-order chi connectivity index (χ1) is 37.6. The minimum absolute atomic E-state index is 0. The Morgan fingerprint density at radius 1 is 0.573 bits per heavy atom. The molecule has 11 rings (SSSR count). The summed E-state index contributed by atoms with van der Waals surface area (Å²) >= 11 is 0. The molecule has 3 heterocycles. The molecule has 10 aromatic rings. The summed E-state index contributed by atoms with van der Waals surface area (Å²) in [7, 11) is 0. The number of hydrogen-bond donors (Lipinski definition) is 0. The summed E-state index contributed by atoms with van der Waals surface area (Å²) < 4.78 is 59.6. The average Bonchev–Trinajstić information content (AvgIpc) is 4.05. The van der Waals surface area contributed by atoms with Crippen LogP contribution in [0.3, 0.4) is 0 Å². The smallest absolute Gasteiger partial charge is 0.143 e. The molecular formula is C68H63N4O2Pt-3. The maximum Gasteiger partial charge on any atom is 0.143 e. The molecule has 0 spiro atoms. The molecule has 8 aromatic carbocycles. The van der Waals surface area contributed by atoms with E-state index in [0.717, 1.165) is 61.2 Å². The Bertz CT molecular complexity index is 3940. The Labute approximate surface area is 464 Å². The Morgan fingerprint density at radius 3 is 1.88 bits per heavy atom. The largest absolute Gasteiger partial charge is 0.509 e. The van der Waals surface area contributed by atoms with E-state index in [4.69, 9.17) is 21.3 Å². The zero-order chi connectivity index (χ0) is 55.8. The van der Waals surface area contributed by atoms with Gasteiger partial charge in [-0.25, -0.2) is 4.98 Å². The number of rotatable bonds is 11. The van der Waals surface area contributed by atoms with Crippen molar-refractivity contribution in [2.75, 3.05) is 9.80 Å². The second-order valence-electron chi connectivity index (χ2n) is 21.9. The Morgan fingerprint density at radius 2 is 1.20 bits per heavy atom. The van der Waals surface area contributed by atoms with E-state index in [2.05, 4.69) is 165 Å². The van der Waals surface area contributed by atoms with Gasteiger partial charge in [0.2, 0.25) is 0 Å². The van der Waals surface area contributed by atoms with Crippen molar-refractivity contribution in [1.29, 1.82) is 0 Å². The van der Waals surface area contributed by atoms with E-state index in [9.17, 15) is 0 Å². The van der Waals surface area contributed by atoms with Crippen LogP contribution >= 0.6 is 0 Å². The van der Waals surface area contributed by atoms with Gasteiger partial charge in [-0.2, -0.15) is 12.1 Å². The molecule has 2 aromatic heterocycles. The van der Waals surface area contributed by atoms with Crippen LogP contribution in [-0.4, -0.2) is 9.55 Å². The van der Waals surface area contributed by atoms with E-state index in [-0.39, 0.29) is 61.4 Å². The molecule has 0 aliphatic carbocycles. The second-order valence-corrected chi connectivity index (χ2v) is 21.9. The predicted molar refractivity (Wildman–Crippen MR) is 307 cm³/mol. The van der Waals surface area contributed by atoms with Crippen molar-refractivity contribution in [3.05, 3.63) is 223 Å². The molecular weight excluding hydrogens is 1100 g/mol. The van der Waals surface area contributed by atoms with Gasteiger partial charge in [0.15, 0.2) is 0 Å². The molecule has 6 nitrogen and oxygen atoms in total. The first-order valence-corrected chi connectivity index (χ1v) is 25.5. The molecule has 1 aliphatic rings. The summed E-state index contributed by atoms with van der Waals surface area (Å²) in [5.41, 5.74) is 12.4. The molecule has 0 saturated heterocycles. The number of pyridine rings is 1. The minimum Gasteiger partial charge on any atom is -0.509 e. The van der Waals surface area contributed by atoms with Crippen molar-refractivity contribution >= 4 is 44.6 Å². The third-order valence-electron chi connectivity index (χ3n) is 13.9. The van der Waals surface area contributed by atoms with Crippen LogP contribution in [0.2, 0.25) is 0 Å². The van der Waals surface area contributed by atoms with E-state index < -0.39 is 18.1 Å². The summed E-state index contributed by atoms with van der Waals surface area (Å²) in [6, 6.07) is 54.4. The SMILES string of the molecule is [2H]c1c([2H])c([2H])c(-c2cccc(-c3cc(C(C)C)cc(C(C)C)c3)c2Oc2ccnc(-n3c4[c-]c(Oc5[c-]c(N6[CH-]N(c7cc(C(C)(C)C)cc(C(C)(C)C)c7)c7ccccc76)ccc5)ccc4c4ccccc43)c2)c([2H])c1[2H].[Pt].